The summed E-state index contributed by atoms with van der Waals surface area (Å²) in [7, 11) is 0. The van der Waals surface area contributed by atoms with Gasteiger partial charge in [0.15, 0.2) is 0 Å². The molecule has 0 N–H and O–H groups in total. The van der Waals surface area contributed by atoms with Gasteiger partial charge in [0.05, 0.1) is 0 Å². The normalized spacial score (nSPS) is 22.5. The number of piperidine rings is 1. The minimum atomic E-state index is 0.152. The number of carbonyl (C=O) groups is 1. The summed E-state index contributed by atoms with van der Waals surface area (Å²) < 4.78 is 1.94. The number of carbonyl (C=O) groups excluding carboxylic acids is 1. The Morgan fingerprint density at radius 2 is 2.04 bits per heavy atom. The van der Waals surface area contributed by atoms with Gasteiger partial charge < -0.3 is 9.30 Å². The fraction of sp³-hybridized carbons (Fsp3) is 0.333. The van der Waals surface area contributed by atoms with Crippen LogP contribution >= 0.6 is 0 Å². The highest BCUT2D eigenvalue weighted by molar-refractivity contribution is 5.95. The predicted molar refractivity (Wildman–Crippen MR) is 96.8 cm³/mol. The zero-order valence-corrected chi connectivity index (χ0v) is 14.1. The van der Waals surface area contributed by atoms with Crippen molar-refractivity contribution in [2.75, 3.05) is 6.54 Å². The van der Waals surface area contributed by atoms with Gasteiger partial charge in [0.1, 0.15) is 5.65 Å². The molecule has 0 radical (unpaired) electrons. The van der Waals surface area contributed by atoms with Gasteiger partial charge in [0, 0.05) is 42.7 Å². The summed E-state index contributed by atoms with van der Waals surface area (Å²) in [4.78, 5) is 19.7. The van der Waals surface area contributed by atoms with Crippen LogP contribution in [-0.4, -0.2) is 32.8 Å². The standard InChI is InChI=1S/C21H21N3O/c25-21(16-9-12-23-13-10-22-20(23)14-16)24-11-3-6-18-17-5-2-1-4-15(17)7-8-19(18)24/h1-2,4-5,9-10,12-14,18-19H,3,6-8,11H2. The van der Waals surface area contributed by atoms with Crippen molar-refractivity contribution in [1.82, 2.24) is 14.3 Å². The van der Waals surface area contributed by atoms with Crippen LogP contribution in [0.4, 0.5) is 0 Å². The Balaban J connectivity index is 1.48. The molecule has 126 valence electrons. The zero-order valence-electron chi connectivity index (χ0n) is 14.1. The molecule has 2 atom stereocenters. The molecule has 4 heteroatoms. The van der Waals surface area contributed by atoms with Crippen LogP contribution in [0.25, 0.3) is 5.65 Å². The SMILES string of the molecule is O=C(c1ccn2ccnc2c1)N1CCCC2c3ccccc3CCC21. The molecule has 3 aromatic rings. The number of amides is 1. The van der Waals surface area contributed by atoms with Gasteiger partial charge in [-0.1, -0.05) is 24.3 Å². The average molecular weight is 331 g/mol. The molecule has 2 unspecified atom stereocenters. The molecule has 3 heterocycles. The van der Waals surface area contributed by atoms with Crippen LogP contribution in [0.5, 0.6) is 0 Å². The van der Waals surface area contributed by atoms with Crippen molar-refractivity contribution >= 4 is 11.6 Å². The van der Waals surface area contributed by atoms with Gasteiger partial charge >= 0.3 is 0 Å². The van der Waals surface area contributed by atoms with Crippen molar-refractivity contribution < 1.29 is 4.79 Å². The molecule has 1 saturated heterocycles. The fourth-order valence-electron chi connectivity index (χ4n) is 4.66. The van der Waals surface area contributed by atoms with Crippen LogP contribution in [0.15, 0.2) is 55.0 Å². The molecule has 1 aliphatic carbocycles. The van der Waals surface area contributed by atoms with E-state index in [1.165, 1.54) is 17.5 Å². The number of aryl methyl sites for hydroxylation is 1. The lowest BCUT2D eigenvalue weighted by atomic mass is 9.74. The van der Waals surface area contributed by atoms with Gasteiger partial charge in [0.2, 0.25) is 0 Å². The molecule has 0 saturated carbocycles. The van der Waals surface area contributed by atoms with E-state index in [-0.39, 0.29) is 5.91 Å². The van der Waals surface area contributed by atoms with Crippen molar-refractivity contribution in [2.24, 2.45) is 0 Å². The molecule has 25 heavy (non-hydrogen) atoms. The van der Waals surface area contributed by atoms with Gasteiger partial charge in [-0.2, -0.15) is 0 Å². The van der Waals surface area contributed by atoms with E-state index in [0.29, 0.717) is 12.0 Å². The third-order valence-electron chi connectivity index (χ3n) is 5.85. The number of aromatic nitrogens is 2. The second-order valence-corrected chi connectivity index (χ2v) is 7.16. The Bertz CT molecular complexity index is 945. The van der Waals surface area contributed by atoms with Crippen LogP contribution in [0.2, 0.25) is 0 Å². The van der Waals surface area contributed by atoms with E-state index in [2.05, 4.69) is 34.1 Å². The summed E-state index contributed by atoms with van der Waals surface area (Å²) in [5.74, 6) is 0.636. The van der Waals surface area contributed by atoms with E-state index in [4.69, 9.17) is 0 Å². The molecule has 1 aromatic carbocycles. The number of rotatable bonds is 1. The van der Waals surface area contributed by atoms with Crippen LogP contribution in [0, 0.1) is 0 Å². The van der Waals surface area contributed by atoms with Crippen LogP contribution in [-0.2, 0) is 6.42 Å². The monoisotopic (exact) mass is 331 g/mol. The quantitative estimate of drug-likeness (QED) is 0.682. The first-order valence-electron chi connectivity index (χ1n) is 9.13. The molecule has 0 bridgehead atoms. The van der Waals surface area contributed by atoms with E-state index in [0.717, 1.165) is 37.0 Å². The molecule has 1 fully saturated rings. The van der Waals surface area contributed by atoms with E-state index < -0.39 is 0 Å². The third kappa shape index (κ3) is 2.36. The number of fused-ring (bicyclic) bond motifs is 4. The number of hydrogen-bond acceptors (Lipinski definition) is 2. The number of hydrogen-bond donors (Lipinski definition) is 0. The molecule has 1 aliphatic heterocycles. The molecule has 1 amide bonds. The third-order valence-corrected chi connectivity index (χ3v) is 5.85. The summed E-state index contributed by atoms with van der Waals surface area (Å²) >= 11 is 0. The first kappa shape index (κ1) is 14.7. The van der Waals surface area contributed by atoms with Gasteiger partial charge in [-0.25, -0.2) is 4.98 Å². The lowest BCUT2D eigenvalue weighted by Gasteiger charge is -2.45. The number of likely N-dealkylation sites (tertiary alicyclic amines) is 1. The lowest BCUT2D eigenvalue weighted by Crippen LogP contribution is -2.49. The fourth-order valence-corrected chi connectivity index (χ4v) is 4.66. The topological polar surface area (TPSA) is 37.6 Å². The van der Waals surface area contributed by atoms with Gasteiger partial charge in [-0.15, -0.1) is 0 Å². The number of benzene rings is 1. The maximum absolute atomic E-state index is 13.2. The Labute approximate surface area is 147 Å². The summed E-state index contributed by atoms with van der Waals surface area (Å²) in [5.41, 5.74) is 4.50. The van der Waals surface area contributed by atoms with Crippen LogP contribution < -0.4 is 0 Å². The van der Waals surface area contributed by atoms with Crippen LogP contribution in [0.3, 0.4) is 0 Å². The molecule has 5 rings (SSSR count). The number of nitrogens with zero attached hydrogens (tertiary/aromatic N) is 3. The highest BCUT2D eigenvalue weighted by atomic mass is 16.2. The van der Waals surface area contributed by atoms with Gasteiger partial charge in [0.25, 0.3) is 5.91 Å². The lowest BCUT2D eigenvalue weighted by molar-refractivity contribution is 0.0547. The minimum absolute atomic E-state index is 0.152. The number of imidazole rings is 1. The molecule has 0 spiro atoms. The van der Waals surface area contributed by atoms with Crippen molar-refractivity contribution in [3.63, 3.8) is 0 Å². The van der Waals surface area contributed by atoms with Crippen molar-refractivity contribution in [1.29, 1.82) is 0 Å². The van der Waals surface area contributed by atoms with E-state index in [1.807, 2.05) is 28.9 Å². The summed E-state index contributed by atoms with van der Waals surface area (Å²) in [6.07, 6.45) is 9.99. The average Bonchev–Trinajstić information content (AvgIpc) is 3.14. The largest absolute Gasteiger partial charge is 0.335 e. The summed E-state index contributed by atoms with van der Waals surface area (Å²) in [6, 6.07) is 12.9. The zero-order chi connectivity index (χ0) is 16.8. The predicted octanol–water partition coefficient (Wildman–Crippen LogP) is 3.67. The van der Waals surface area contributed by atoms with Crippen molar-refractivity contribution in [3.8, 4) is 0 Å². The Kier molecular flexibility index (Phi) is 3.37. The number of pyridine rings is 1. The summed E-state index contributed by atoms with van der Waals surface area (Å²) in [5, 5.41) is 0. The first-order valence-corrected chi connectivity index (χ1v) is 9.13. The second kappa shape index (κ2) is 5.73. The maximum atomic E-state index is 13.2. The van der Waals surface area contributed by atoms with Crippen LogP contribution in [0.1, 0.15) is 46.7 Å². The maximum Gasteiger partial charge on any atom is 0.254 e. The van der Waals surface area contributed by atoms with Crippen molar-refractivity contribution in [3.05, 3.63) is 71.7 Å². The second-order valence-electron chi connectivity index (χ2n) is 7.16. The Hall–Kier alpha value is -2.62. The molecule has 2 aromatic heterocycles. The molecule has 2 aliphatic rings. The summed E-state index contributed by atoms with van der Waals surface area (Å²) in [6.45, 7) is 0.863. The highest BCUT2D eigenvalue weighted by Crippen LogP contribution is 2.41. The van der Waals surface area contributed by atoms with E-state index >= 15 is 0 Å². The molecule has 4 nitrogen and oxygen atoms in total. The molecular formula is C21H21N3O. The Morgan fingerprint density at radius 3 is 3.00 bits per heavy atom. The smallest absolute Gasteiger partial charge is 0.254 e. The van der Waals surface area contributed by atoms with E-state index in [1.54, 1.807) is 6.20 Å². The first-order chi connectivity index (χ1) is 12.3. The highest BCUT2D eigenvalue weighted by Gasteiger charge is 2.38. The molecular weight excluding hydrogens is 310 g/mol. The van der Waals surface area contributed by atoms with E-state index in [9.17, 15) is 4.79 Å². The van der Waals surface area contributed by atoms with Gasteiger partial charge in [-0.05, 0) is 48.9 Å². The minimum Gasteiger partial charge on any atom is -0.335 e. The van der Waals surface area contributed by atoms with Crippen molar-refractivity contribution in [2.45, 2.75) is 37.6 Å². The van der Waals surface area contributed by atoms with Gasteiger partial charge in [-0.3, -0.25) is 4.79 Å². The Morgan fingerprint density at radius 1 is 1.12 bits per heavy atom.